The molecule has 2 unspecified atom stereocenters. The molecule has 0 saturated carbocycles. The third-order valence-corrected chi connectivity index (χ3v) is 2.09. The van der Waals surface area contributed by atoms with Gasteiger partial charge in [0, 0.05) is 6.04 Å². The van der Waals surface area contributed by atoms with Gasteiger partial charge >= 0.3 is 5.97 Å². The zero-order valence-electron chi connectivity index (χ0n) is 9.25. The number of unbranched alkanes of at least 4 members (excludes halogenated alkanes) is 1. The number of hydrogen-bond acceptors (Lipinski definition) is 4. The Kier molecular flexibility index (Phi) is 7.42. The maximum Gasteiger partial charge on any atom is 0.322 e. The van der Waals surface area contributed by atoms with E-state index in [1.54, 1.807) is 0 Å². The van der Waals surface area contributed by atoms with Crippen molar-refractivity contribution < 1.29 is 14.6 Å². The molecule has 2 atom stereocenters. The molecule has 0 aromatic carbocycles. The van der Waals surface area contributed by atoms with Crippen LogP contribution in [0.15, 0.2) is 0 Å². The molecule has 0 heterocycles. The number of nitrogens with one attached hydrogen (secondary N) is 1. The lowest BCUT2D eigenvalue weighted by atomic mass is 10.1. The number of aliphatic hydroxyl groups excluding tert-OH is 1. The van der Waals surface area contributed by atoms with Crippen LogP contribution in [-0.2, 0) is 9.53 Å². The van der Waals surface area contributed by atoms with Gasteiger partial charge in [-0.2, -0.15) is 0 Å². The molecule has 0 aliphatic rings. The first-order valence-electron chi connectivity index (χ1n) is 5.10. The topological polar surface area (TPSA) is 58.6 Å². The zero-order valence-corrected chi connectivity index (χ0v) is 9.25. The average molecular weight is 203 g/mol. The molecule has 0 aromatic heterocycles. The van der Waals surface area contributed by atoms with Crippen LogP contribution in [0.3, 0.4) is 0 Å². The van der Waals surface area contributed by atoms with Crippen LogP contribution in [0.1, 0.15) is 33.1 Å². The minimum Gasteiger partial charge on any atom is -0.468 e. The van der Waals surface area contributed by atoms with E-state index in [0.29, 0.717) is 0 Å². The van der Waals surface area contributed by atoms with Gasteiger partial charge in [0.25, 0.3) is 0 Å². The summed E-state index contributed by atoms with van der Waals surface area (Å²) < 4.78 is 4.67. The molecular weight excluding hydrogens is 182 g/mol. The van der Waals surface area contributed by atoms with Crippen molar-refractivity contribution in [2.45, 2.75) is 45.2 Å². The Morgan fingerprint density at radius 1 is 1.57 bits per heavy atom. The summed E-state index contributed by atoms with van der Waals surface area (Å²) in [6.45, 7) is 3.94. The summed E-state index contributed by atoms with van der Waals surface area (Å²) in [6, 6.07) is -0.363. The summed E-state index contributed by atoms with van der Waals surface area (Å²) >= 11 is 0. The highest BCUT2D eigenvalue weighted by Crippen LogP contribution is 2.03. The first-order valence-corrected chi connectivity index (χ1v) is 5.10. The summed E-state index contributed by atoms with van der Waals surface area (Å²) in [6.07, 6.45) is 2.78. The normalized spacial score (nSPS) is 14.9. The third kappa shape index (κ3) is 5.19. The van der Waals surface area contributed by atoms with E-state index in [1.165, 1.54) is 7.11 Å². The molecule has 0 fully saturated rings. The first kappa shape index (κ1) is 13.4. The van der Waals surface area contributed by atoms with Gasteiger partial charge in [-0.1, -0.05) is 19.8 Å². The molecule has 0 bridgehead atoms. The van der Waals surface area contributed by atoms with E-state index >= 15 is 0 Å². The van der Waals surface area contributed by atoms with Crippen molar-refractivity contribution in [2.75, 3.05) is 13.7 Å². The minimum atomic E-state index is -0.290. The van der Waals surface area contributed by atoms with Crippen LogP contribution in [0.5, 0.6) is 0 Å². The maximum absolute atomic E-state index is 11.3. The van der Waals surface area contributed by atoms with Gasteiger partial charge in [0.15, 0.2) is 0 Å². The molecule has 4 heteroatoms. The van der Waals surface area contributed by atoms with Gasteiger partial charge in [-0.05, 0) is 13.3 Å². The number of carbonyl (C=O) groups excluding carboxylic acids is 1. The Balaban J connectivity index is 4.03. The minimum absolute atomic E-state index is 0.0274. The number of rotatable bonds is 7. The number of carbonyl (C=O) groups is 1. The first-order chi connectivity index (χ1) is 6.65. The number of esters is 1. The van der Waals surface area contributed by atoms with Crippen molar-refractivity contribution >= 4 is 5.97 Å². The van der Waals surface area contributed by atoms with Gasteiger partial charge in [-0.3, -0.25) is 10.1 Å². The Morgan fingerprint density at radius 2 is 2.21 bits per heavy atom. The highest BCUT2D eigenvalue weighted by atomic mass is 16.5. The molecule has 0 aliphatic carbocycles. The quantitative estimate of drug-likeness (QED) is 0.598. The second kappa shape index (κ2) is 7.76. The van der Waals surface area contributed by atoms with Gasteiger partial charge < -0.3 is 9.84 Å². The van der Waals surface area contributed by atoms with Crippen molar-refractivity contribution in [1.82, 2.24) is 5.32 Å². The summed E-state index contributed by atoms with van der Waals surface area (Å²) in [7, 11) is 1.38. The molecule has 0 aliphatic heterocycles. The Hall–Kier alpha value is -0.610. The second-order valence-corrected chi connectivity index (χ2v) is 3.47. The number of hydrogen-bond donors (Lipinski definition) is 2. The van der Waals surface area contributed by atoms with E-state index < -0.39 is 0 Å². The van der Waals surface area contributed by atoms with E-state index in [4.69, 9.17) is 5.11 Å². The van der Waals surface area contributed by atoms with Crippen molar-refractivity contribution in [3.63, 3.8) is 0 Å². The van der Waals surface area contributed by atoms with Crippen LogP contribution >= 0.6 is 0 Å². The molecular formula is C10H21NO3. The molecule has 14 heavy (non-hydrogen) atoms. The van der Waals surface area contributed by atoms with Gasteiger partial charge in [0.1, 0.15) is 6.04 Å². The average Bonchev–Trinajstić information content (AvgIpc) is 2.22. The molecule has 2 N–H and O–H groups in total. The fourth-order valence-corrected chi connectivity index (χ4v) is 1.22. The van der Waals surface area contributed by atoms with E-state index in [9.17, 15) is 4.79 Å². The van der Waals surface area contributed by atoms with Crippen molar-refractivity contribution in [3.05, 3.63) is 0 Å². The van der Waals surface area contributed by atoms with Crippen LogP contribution in [0.25, 0.3) is 0 Å². The van der Waals surface area contributed by atoms with Crippen molar-refractivity contribution in [2.24, 2.45) is 0 Å². The SMILES string of the molecule is CCCCC(NC(C)CO)C(=O)OC. The molecule has 0 amide bonds. The molecule has 0 aromatic rings. The van der Waals surface area contributed by atoms with E-state index in [1.807, 2.05) is 6.92 Å². The zero-order chi connectivity index (χ0) is 11.0. The highest BCUT2D eigenvalue weighted by molar-refractivity contribution is 5.75. The third-order valence-electron chi connectivity index (χ3n) is 2.09. The second-order valence-electron chi connectivity index (χ2n) is 3.47. The van der Waals surface area contributed by atoms with Crippen LogP contribution in [0.2, 0.25) is 0 Å². The molecule has 4 nitrogen and oxygen atoms in total. The van der Waals surface area contributed by atoms with Crippen LogP contribution in [0, 0.1) is 0 Å². The molecule has 0 spiro atoms. The summed E-state index contributed by atoms with van der Waals surface area (Å²) in [5.41, 5.74) is 0. The summed E-state index contributed by atoms with van der Waals surface area (Å²) in [5, 5.41) is 11.9. The lowest BCUT2D eigenvalue weighted by molar-refractivity contribution is -0.143. The monoisotopic (exact) mass is 203 g/mol. The molecule has 0 rings (SSSR count). The fourth-order valence-electron chi connectivity index (χ4n) is 1.22. The van der Waals surface area contributed by atoms with Gasteiger partial charge in [0.2, 0.25) is 0 Å². The number of aliphatic hydroxyl groups is 1. The van der Waals surface area contributed by atoms with Crippen molar-refractivity contribution in [3.8, 4) is 0 Å². The number of methoxy groups -OCH3 is 1. The van der Waals surface area contributed by atoms with Crippen LogP contribution in [-0.4, -0.2) is 36.9 Å². The fraction of sp³-hybridized carbons (Fsp3) is 0.900. The standard InChI is InChI=1S/C10H21NO3/c1-4-5-6-9(10(13)14-3)11-8(2)7-12/h8-9,11-12H,4-7H2,1-3H3. The largest absolute Gasteiger partial charge is 0.468 e. The maximum atomic E-state index is 11.3. The Labute approximate surface area is 85.6 Å². The summed E-state index contributed by atoms with van der Waals surface area (Å²) in [5.74, 6) is -0.251. The Bertz CT molecular complexity index is 161. The molecule has 84 valence electrons. The van der Waals surface area contributed by atoms with Crippen LogP contribution in [0.4, 0.5) is 0 Å². The Morgan fingerprint density at radius 3 is 2.64 bits per heavy atom. The predicted molar refractivity (Wildman–Crippen MR) is 55.0 cm³/mol. The van der Waals surface area contributed by atoms with Gasteiger partial charge in [0.05, 0.1) is 13.7 Å². The van der Waals surface area contributed by atoms with E-state index in [0.717, 1.165) is 19.3 Å². The van der Waals surface area contributed by atoms with Gasteiger partial charge in [-0.25, -0.2) is 0 Å². The predicted octanol–water partition coefficient (Wildman–Crippen LogP) is 0.689. The smallest absolute Gasteiger partial charge is 0.322 e. The summed E-state index contributed by atoms with van der Waals surface area (Å²) in [4.78, 5) is 11.3. The van der Waals surface area contributed by atoms with Gasteiger partial charge in [-0.15, -0.1) is 0 Å². The highest BCUT2D eigenvalue weighted by Gasteiger charge is 2.19. The number of ether oxygens (including phenoxy) is 1. The molecule has 0 radical (unpaired) electrons. The van der Waals surface area contributed by atoms with E-state index in [2.05, 4.69) is 17.0 Å². The lowest BCUT2D eigenvalue weighted by Crippen LogP contribution is -2.44. The molecule has 0 saturated heterocycles. The van der Waals surface area contributed by atoms with E-state index in [-0.39, 0.29) is 24.7 Å². The van der Waals surface area contributed by atoms with Crippen molar-refractivity contribution in [1.29, 1.82) is 0 Å². The lowest BCUT2D eigenvalue weighted by Gasteiger charge is -2.19. The van der Waals surface area contributed by atoms with Crippen LogP contribution < -0.4 is 5.32 Å².